The Labute approximate surface area is 225 Å². The second-order valence-corrected chi connectivity index (χ2v) is 8.19. The number of hydrogen-bond donors (Lipinski definition) is 2. The molecule has 2 N–H and O–H groups in total. The normalized spacial score (nSPS) is 15.1. The van der Waals surface area contributed by atoms with Crippen LogP contribution in [-0.4, -0.2) is 29.3 Å². The first-order valence-electron chi connectivity index (χ1n) is 11.5. The Balaban J connectivity index is 0.000000261. The molecule has 0 spiro atoms. The van der Waals surface area contributed by atoms with E-state index in [1.54, 1.807) is 22.3 Å². The first kappa shape index (κ1) is 31.3. The molecule has 2 aromatic carbocycles. The van der Waals surface area contributed by atoms with Crippen molar-refractivity contribution in [2.24, 2.45) is 0 Å². The molecule has 0 saturated carbocycles. The predicted molar refractivity (Wildman–Crippen MR) is 128 cm³/mol. The Morgan fingerprint density at radius 2 is 1.19 bits per heavy atom. The van der Waals surface area contributed by atoms with E-state index in [2.05, 4.69) is 6.42 Å². The van der Waals surface area contributed by atoms with Crippen molar-refractivity contribution in [3.63, 3.8) is 0 Å². The second-order valence-electron chi connectivity index (χ2n) is 8.19. The zero-order valence-corrected chi connectivity index (χ0v) is 21.8. The fourth-order valence-corrected chi connectivity index (χ4v) is 4.30. The van der Waals surface area contributed by atoms with Crippen molar-refractivity contribution in [3.8, 4) is 0 Å². The topological polar surface area (TPSA) is 97.7 Å². The van der Waals surface area contributed by atoms with E-state index in [9.17, 15) is 18.4 Å². The van der Waals surface area contributed by atoms with Gasteiger partial charge < -0.3 is 15.3 Å². The molecule has 0 amide bonds. The molecule has 36 heavy (non-hydrogen) atoms. The van der Waals surface area contributed by atoms with E-state index in [-0.39, 0.29) is 32.8 Å². The number of carboxylic acid groups (broad SMARTS) is 2. The van der Waals surface area contributed by atoms with Crippen molar-refractivity contribution in [2.45, 2.75) is 51.4 Å². The smallest absolute Gasteiger partial charge is 0.857 e. The summed E-state index contributed by atoms with van der Waals surface area (Å²) < 4.78 is 24.3. The molecule has 3 aliphatic carbocycles. The maximum Gasteiger partial charge on any atom is 2.00 e. The first-order valence-corrected chi connectivity index (χ1v) is 11.5. The number of allylic oxidation sites excluding steroid dienone is 4. The Kier molecular flexibility index (Phi) is 14.0. The molecular weight excluding hydrogens is 502 g/mol. The van der Waals surface area contributed by atoms with Crippen LogP contribution >= 0.6 is 0 Å². The predicted octanol–water partition coefficient (Wildman–Crippen LogP) is 5.97. The van der Waals surface area contributed by atoms with Crippen LogP contribution in [-0.2, 0) is 21.7 Å². The summed E-state index contributed by atoms with van der Waals surface area (Å²) in [5.74, 6) is -2.94. The van der Waals surface area contributed by atoms with Crippen molar-refractivity contribution < 1.29 is 55.4 Å². The van der Waals surface area contributed by atoms with Crippen LogP contribution in [0.5, 0.6) is 0 Å². The van der Waals surface area contributed by atoms with Crippen LogP contribution in [0.3, 0.4) is 0 Å². The molecule has 0 bridgehead atoms. The van der Waals surface area contributed by atoms with Gasteiger partial charge in [-0.25, -0.2) is 30.4 Å². The van der Waals surface area contributed by atoms with E-state index < -0.39 is 23.6 Å². The van der Waals surface area contributed by atoms with Crippen LogP contribution in [0.1, 0.15) is 72.1 Å². The average Bonchev–Trinajstić information content (AvgIpc) is 3.25. The van der Waals surface area contributed by atoms with Crippen LogP contribution in [0.2, 0.25) is 0 Å². The van der Waals surface area contributed by atoms with Crippen LogP contribution in [0.25, 0.3) is 0 Å². The maximum absolute atomic E-state index is 12.2. The van der Waals surface area contributed by atoms with E-state index >= 15 is 0 Å². The summed E-state index contributed by atoms with van der Waals surface area (Å²) in [6.45, 7) is 0. The minimum absolute atomic E-state index is 0. The van der Waals surface area contributed by atoms with Crippen molar-refractivity contribution in [1.82, 2.24) is 0 Å². The zero-order valence-electron chi connectivity index (χ0n) is 20.2. The van der Waals surface area contributed by atoms with Crippen molar-refractivity contribution >= 4 is 11.9 Å². The fraction of sp³-hybridized carbons (Fsp3) is 0.321. The number of hydrogen-bond acceptors (Lipinski definition) is 3. The molecule has 2 aromatic rings. The summed E-state index contributed by atoms with van der Waals surface area (Å²) in [6, 6.07) is 9.34. The van der Waals surface area contributed by atoms with Crippen LogP contribution in [0.15, 0.2) is 70.8 Å². The zero-order chi connectivity index (χ0) is 25.8. The molecule has 0 aromatic heterocycles. The van der Waals surface area contributed by atoms with E-state index in [1.807, 2.05) is 0 Å². The summed E-state index contributed by atoms with van der Waals surface area (Å²) in [7, 11) is 0.750. The molecule has 5 nitrogen and oxygen atoms in total. The summed E-state index contributed by atoms with van der Waals surface area (Å²) in [4.78, 5) is 20.4. The fourth-order valence-electron chi connectivity index (χ4n) is 4.30. The van der Waals surface area contributed by atoms with Crippen LogP contribution in [0.4, 0.5) is 8.78 Å². The third-order valence-electron chi connectivity index (χ3n) is 5.94. The minimum atomic E-state index is -1.04. The quantitative estimate of drug-likeness (QED) is 0.367. The number of rotatable bonds is 2. The van der Waals surface area contributed by atoms with Crippen LogP contribution < -0.4 is 5.11 Å². The molecule has 190 valence electrons. The Bertz CT molecular complexity index is 975. The van der Waals surface area contributed by atoms with Gasteiger partial charge in [-0.2, -0.15) is 12.7 Å². The van der Waals surface area contributed by atoms with Gasteiger partial charge in [-0.05, 0) is 74.2 Å². The average molecular weight is 532 g/mol. The summed E-state index contributed by atoms with van der Waals surface area (Å²) in [6.07, 6.45) is 13.6. The van der Waals surface area contributed by atoms with Gasteiger partial charge in [0.05, 0.1) is 11.1 Å². The maximum atomic E-state index is 12.2. The summed E-state index contributed by atoms with van der Waals surface area (Å²) in [5, 5.41) is 25.0. The second kappa shape index (κ2) is 16.1. The van der Waals surface area contributed by atoms with Gasteiger partial charge in [0.25, 0.3) is 0 Å². The van der Waals surface area contributed by atoms with E-state index in [1.165, 1.54) is 75.6 Å². The van der Waals surface area contributed by atoms with Crippen molar-refractivity contribution in [3.05, 3.63) is 100 Å². The minimum Gasteiger partial charge on any atom is -0.857 e. The number of halogens is 2. The Morgan fingerprint density at radius 3 is 1.67 bits per heavy atom. The van der Waals surface area contributed by atoms with E-state index in [0.29, 0.717) is 0 Å². The summed E-state index contributed by atoms with van der Waals surface area (Å²) in [5.41, 5.74) is 7.26. The molecule has 0 heterocycles. The number of aromatic carboxylic acids is 2. The van der Waals surface area contributed by atoms with Crippen molar-refractivity contribution in [1.29, 1.82) is 0 Å². The number of fused-ring (bicyclic) bond motifs is 1. The molecule has 3 aliphatic rings. The molecule has 0 aliphatic heterocycles. The Hall–Kier alpha value is -2.74. The standard InChI is InChI=1S/C13H17.2C7H5FO2.CH3O.Ti/c1-3-7-12-10(5-1)9-11-6-2-4-8-13(11)12;2*8-6-3-1-5(2-4-6)7(9)10;1-2;/h5H,1-4,6-9H2;2*1-4H,(H,9,10);1H3;/q-1;;;-1;+2. The largest absolute Gasteiger partial charge is 2.00 e. The number of benzene rings is 2. The van der Waals surface area contributed by atoms with Gasteiger partial charge in [0.1, 0.15) is 11.6 Å². The molecule has 0 fully saturated rings. The molecule has 0 unspecified atom stereocenters. The van der Waals surface area contributed by atoms with Gasteiger partial charge in [0, 0.05) is 0 Å². The van der Waals surface area contributed by atoms with Gasteiger partial charge in [-0.15, -0.1) is 12.0 Å². The van der Waals surface area contributed by atoms with E-state index in [4.69, 9.17) is 15.3 Å². The third kappa shape index (κ3) is 9.38. The number of carboxylic acids is 2. The molecule has 0 saturated heterocycles. The van der Waals surface area contributed by atoms with Gasteiger partial charge in [0.2, 0.25) is 0 Å². The van der Waals surface area contributed by atoms with Gasteiger partial charge >= 0.3 is 33.7 Å². The number of carbonyl (C=O) groups is 2. The van der Waals surface area contributed by atoms with Crippen molar-refractivity contribution in [2.75, 3.05) is 7.11 Å². The molecular formula is C28H30F2O5Ti. The Morgan fingerprint density at radius 1 is 0.750 bits per heavy atom. The molecule has 8 heteroatoms. The van der Waals surface area contributed by atoms with E-state index in [0.717, 1.165) is 31.4 Å². The monoisotopic (exact) mass is 532 g/mol. The van der Waals surface area contributed by atoms with Crippen LogP contribution in [0, 0.1) is 18.1 Å². The van der Waals surface area contributed by atoms with Gasteiger partial charge in [0.15, 0.2) is 0 Å². The molecule has 5 rings (SSSR count). The first-order chi connectivity index (χ1) is 16.8. The third-order valence-corrected chi connectivity index (χ3v) is 5.94. The van der Waals surface area contributed by atoms with Gasteiger partial charge in [-0.1, -0.05) is 24.8 Å². The van der Waals surface area contributed by atoms with Gasteiger partial charge in [-0.3, -0.25) is 0 Å². The summed E-state index contributed by atoms with van der Waals surface area (Å²) >= 11 is 0. The molecule has 0 radical (unpaired) electrons. The molecule has 0 atom stereocenters. The SMILES string of the molecule is C[O-].O=C(O)c1ccc(F)cc1.O=C(O)c1ccc(F)cc1.[CH-]1CCCC2=C1CC1=C2CCCC1.[Ti+2].